The van der Waals surface area contributed by atoms with E-state index in [9.17, 15) is 18.0 Å². The van der Waals surface area contributed by atoms with E-state index >= 15 is 0 Å². The standard InChI is InChI=1S/C9H4F3NO2S/c10-9(11,12)5-1-4-3-13-16-7(4)6(2-5)8(14)15/h1-3H,(H,14,15). The molecule has 0 aliphatic carbocycles. The molecule has 7 heteroatoms. The van der Waals surface area contributed by atoms with Gasteiger partial charge in [0.1, 0.15) is 0 Å². The van der Waals surface area contributed by atoms with Crippen LogP contribution in [0.5, 0.6) is 0 Å². The van der Waals surface area contributed by atoms with Crippen LogP contribution in [-0.4, -0.2) is 15.4 Å². The molecule has 2 aromatic rings. The molecule has 84 valence electrons. The van der Waals surface area contributed by atoms with Gasteiger partial charge in [-0.1, -0.05) is 0 Å². The normalized spacial score (nSPS) is 11.9. The van der Waals surface area contributed by atoms with Crippen molar-refractivity contribution in [1.82, 2.24) is 4.37 Å². The van der Waals surface area contributed by atoms with E-state index in [2.05, 4.69) is 4.37 Å². The molecule has 0 amide bonds. The van der Waals surface area contributed by atoms with Crippen LogP contribution in [-0.2, 0) is 6.18 Å². The number of rotatable bonds is 1. The average molecular weight is 247 g/mol. The summed E-state index contributed by atoms with van der Waals surface area (Å²) in [5, 5.41) is 8.99. The third kappa shape index (κ3) is 1.73. The molecule has 0 saturated carbocycles. The summed E-state index contributed by atoms with van der Waals surface area (Å²) < 4.78 is 41.3. The first-order valence-corrected chi connectivity index (χ1v) is 4.86. The molecule has 0 aliphatic heterocycles. The Hall–Kier alpha value is -1.63. The summed E-state index contributed by atoms with van der Waals surface area (Å²) >= 11 is 0.863. The number of fused-ring (bicyclic) bond motifs is 1. The summed E-state index contributed by atoms with van der Waals surface area (Å²) in [7, 11) is 0. The number of carboxylic acids is 1. The van der Waals surface area contributed by atoms with Crippen molar-refractivity contribution < 1.29 is 23.1 Å². The first-order valence-electron chi connectivity index (χ1n) is 4.08. The van der Waals surface area contributed by atoms with E-state index < -0.39 is 17.7 Å². The number of hydrogen-bond donors (Lipinski definition) is 1. The van der Waals surface area contributed by atoms with Crippen molar-refractivity contribution >= 4 is 27.6 Å². The number of alkyl halides is 3. The molecule has 1 N–H and O–H groups in total. The highest BCUT2D eigenvalue weighted by Gasteiger charge is 2.32. The zero-order valence-corrected chi connectivity index (χ0v) is 8.39. The van der Waals surface area contributed by atoms with Gasteiger partial charge < -0.3 is 5.11 Å². The minimum Gasteiger partial charge on any atom is -0.478 e. The van der Waals surface area contributed by atoms with Gasteiger partial charge in [-0.25, -0.2) is 4.79 Å². The van der Waals surface area contributed by atoms with E-state index in [-0.39, 0.29) is 15.6 Å². The van der Waals surface area contributed by atoms with Gasteiger partial charge in [0.15, 0.2) is 0 Å². The molecular formula is C9H4F3NO2S. The molecule has 2 rings (SSSR count). The smallest absolute Gasteiger partial charge is 0.416 e. The van der Waals surface area contributed by atoms with Gasteiger partial charge in [-0.3, -0.25) is 0 Å². The molecule has 0 spiro atoms. The summed E-state index contributed by atoms with van der Waals surface area (Å²) in [6, 6.07) is 1.52. The number of aromatic nitrogens is 1. The average Bonchev–Trinajstić information content (AvgIpc) is 2.61. The molecule has 0 aliphatic rings. The fourth-order valence-electron chi connectivity index (χ4n) is 1.31. The molecule has 0 bridgehead atoms. The highest BCUT2D eigenvalue weighted by Crippen LogP contribution is 2.34. The summed E-state index contributed by atoms with van der Waals surface area (Å²) in [5.41, 5.74) is -1.34. The fraction of sp³-hybridized carbons (Fsp3) is 0.111. The molecule has 16 heavy (non-hydrogen) atoms. The van der Waals surface area contributed by atoms with Crippen molar-refractivity contribution in [2.45, 2.75) is 6.18 Å². The number of hydrogen-bond acceptors (Lipinski definition) is 3. The lowest BCUT2D eigenvalue weighted by Crippen LogP contribution is -2.07. The second-order valence-electron chi connectivity index (χ2n) is 3.07. The number of nitrogens with zero attached hydrogens (tertiary/aromatic N) is 1. The largest absolute Gasteiger partial charge is 0.478 e. The van der Waals surface area contributed by atoms with E-state index in [1.165, 1.54) is 6.20 Å². The Morgan fingerprint density at radius 3 is 2.62 bits per heavy atom. The van der Waals surface area contributed by atoms with Crippen LogP contribution < -0.4 is 0 Å². The van der Waals surface area contributed by atoms with Crippen molar-refractivity contribution in [3.63, 3.8) is 0 Å². The number of carbonyl (C=O) groups is 1. The Bertz CT molecular complexity index is 561. The van der Waals surface area contributed by atoms with Crippen LogP contribution in [0.4, 0.5) is 13.2 Å². The number of aromatic carboxylic acids is 1. The van der Waals surface area contributed by atoms with E-state index in [0.29, 0.717) is 6.07 Å². The number of halogens is 3. The molecule has 1 heterocycles. The van der Waals surface area contributed by atoms with Crippen molar-refractivity contribution in [2.24, 2.45) is 0 Å². The zero-order valence-electron chi connectivity index (χ0n) is 7.58. The lowest BCUT2D eigenvalue weighted by molar-refractivity contribution is -0.137. The summed E-state index contributed by atoms with van der Waals surface area (Å²) in [4.78, 5) is 10.8. The summed E-state index contributed by atoms with van der Waals surface area (Å²) in [5.74, 6) is -1.39. The van der Waals surface area contributed by atoms with Gasteiger partial charge in [-0.2, -0.15) is 17.5 Å². The maximum Gasteiger partial charge on any atom is 0.416 e. The monoisotopic (exact) mass is 247 g/mol. The summed E-state index contributed by atoms with van der Waals surface area (Å²) in [6.45, 7) is 0. The molecule has 0 radical (unpaired) electrons. The Morgan fingerprint density at radius 1 is 1.38 bits per heavy atom. The lowest BCUT2D eigenvalue weighted by Gasteiger charge is -2.07. The van der Waals surface area contributed by atoms with Crippen LogP contribution in [0.25, 0.3) is 10.1 Å². The minimum atomic E-state index is -4.56. The van der Waals surface area contributed by atoms with Crippen LogP contribution >= 0.6 is 11.5 Å². The highest BCUT2D eigenvalue weighted by molar-refractivity contribution is 7.13. The van der Waals surface area contributed by atoms with Crippen LogP contribution in [0.2, 0.25) is 0 Å². The minimum absolute atomic E-state index is 0.192. The summed E-state index contributed by atoms with van der Waals surface area (Å²) in [6.07, 6.45) is -3.33. The topological polar surface area (TPSA) is 50.2 Å². The molecular weight excluding hydrogens is 243 g/mol. The molecule has 0 atom stereocenters. The molecule has 1 aromatic carbocycles. The van der Waals surface area contributed by atoms with Crippen molar-refractivity contribution in [3.8, 4) is 0 Å². The quantitative estimate of drug-likeness (QED) is 0.842. The van der Waals surface area contributed by atoms with Crippen LogP contribution in [0, 0.1) is 0 Å². The molecule has 0 saturated heterocycles. The maximum absolute atomic E-state index is 12.5. The fourth-order valence-corrected chi connectivity index (χ4v) is 2.04. The van der Waals surface area contributed by atoms with Crippen molar-refractivity contribution in [3.05, 3.63) is 29.5 Å². The van der Waals surface area contributed by atoms with Crippen LogP contribution in [0.15, 0.2) is 18.3 Å². The van der Waals surface area contributed by atoms with Crippen LogP contribution in [0.1, 0.15) is 15.9 Å². The predicted octanol–water partition coefficient (Wildman–Crippen LogP) is 3.01. The SMILES string of the molecule is O=C(O)c1cc(C(F)(F)F)cc2cnsc12. The second kappa shape index (κ2) is 3.44. The van der Waals surface area contributed by atoms with Gasteiger partial charge in [-0.15, -0.1) is 0 Å². The van der Waals surface area contributed by atoms with Gasteiger partial charge in [0, 0.05) is 11.6 Å². The number of carboxylic acid groups (broad SMARTS) is 1. The number of benzene rings is 1. The maximum atomic E-state index is 12.5. The van der Waals surface area contributed by atoms with Gasteiger partial charge in [0.2, 0.25) is 0 Å². The molecule has 0 fully saturated rings. The zero-order chi connectivity index (χ0) is 11.9. The molecule has 1 aromatic heterocycles. The van der Waals surface area contributed by atoms with Gasteiger partial charge >= 0.3 is 12.1 Å². The van der Waals surface area contributed by atoms with Crippen molar-refractivity contribution in [1.29, 1.82) is 0 Å². The van der Waals surface area contributed by atoms with E-state index in [4.69, 9.17) is 5.11 Å². The van der Waals surface area contributed by atoms with E-state index in [0.717, 1.165) is 17.6 Å². The van der Waals surface area contributed by atoms with E-state index in [1.807, 2.05) is 0 Å². The highest BCUT2D eigenvalue weighted by atomic mass is 32.1. The third-order valence-corrected chi connectivity index (χ3v) is 2.86. The lowest BCUT2D eigenvalue weighted by atomic mass is 10.1. The van der Waals surface area contributed by atoms with Gasteiger partial charge in [0.25, 0.3) is 0 Å². The predicted molar refractivity (Wildman–Crippen MR) is 51.6 cm³/mol. The second-order valence-corrected chi connectivity index (χ2v) is 3.87. The van der Waals surface area contributed by atoms with Crippen molar-refractivity contribution in [2.75, 3.05) is 0 Å². The van der Waals surface area contributed by atoms with Crippen LogP contribution in [0.3, 0.4) is 0 Å². The molecule has 3 nitrogen and oxygen atoms in total. The third-order valence-electron chi connectivity index (χ3n) is 2.01. The Labute approximate surface area is 91.3 Å². The Kier molecular flexibility index (Phi) is 2.34. The van der Waals surface area contributed by atoms with Gasteiger partial charge in [-0.05, 0) is 23.7 Å². The van der Waals surface area contributed by atoms with E-state index in [1.54, 1.807) is 0 Å². The Morgan fingerprint density at radius 2 is 2.06 bits per heavy atom. The van der Waals surface area contributed by atoms with Gasteiger partial charge in [0.05, 0.1) is 15.8 Å². The Balaban J connectivity index is 2.76. The molecule has 0 unspecified atom stereocenters. The first-order chi connectivity index (χ1) is 7.39. The first kappa shape index (κ1) is 10.9.